The highest BCUT2D eigenvalue weighted by Gasteiger charge is 2.04. The highest BCUT2D eigenvalue weighted by Crippen LogP contribution is 2.23. The maximum atomic E-state index is 8.92. The summed E-state index contributed by atoms with van der Waals surface area (Å²) in [7, 11) is 0. The second-order valence-electron chi connectivity index (χ2n) is 3.49. The minimum absolute atomic E-state index is 0.424. The summed E-state index contributed by atoms with van der Waals surface area (Å²) in [6, 6.07) is 7.89. The quantitative estimate of drug-likeness (QED) is 0.922. The van der Waals surface area contributed by atoms with Crippen LogP contribution in [-0.2, 0) is 0 Å². The van der Waals surface area contributed by atoms with Crippen molar-refractivity contribution in [3.63, 3.8) is 0 Å². The van der Waals surface area contributed by atoms with E-state index in [1.807, 2.05) is 31.2 Å². The zero-order valence-electron chi connectivity index (χ0n) is 9.11. The normalized spacial score (nSPS) is 9.71. The molecule has 0 saturated carbocycles. The fraction of sp³-hybridized carbons (Fsp3) is 0.0833. The van der Waals surface area contributed by atoms with Crippen LogP contribution in [0.3, 0.4) is 0 Å². The SMILES string of the molecule is Cc1cc(Nc2ncncc2C#N)ccc1Br. The first-order valence-electron chi connectivity index (χ1n) is 4.94. The van der Waals surface area contributed by atoms with Gasteiger partial charge in [-0.05, 0) is 30.7 Å². The van der Waals surface area contributed by atoms with Crippen molar-refractivity contribution in [2.75, 3.05) is 5.32 Å². The number of nitrogens with one attached hydrogen (secondary N) is 1. The van der Waals surface area contributed by atoms with E-state index in [9.17, 15) is 0 Å². The summed E-state index contributed by atoms with van der Waals surface area (Å²) in [5.41, 5.74) is 2.43. The second-order valence-corrected chi connectivity index (χ2v) is 4.34. The Hall–Kier alpha value is -1.93. The first-order chi connectivity index (χ1) is 8.20. The van der Waals surface area contributed by atoms with E-state index in [4.69, 9.17) is 5.26 Å². The first kappa shape index (κ1) is 11.6. The lowest BCUT2D eigenvalue weighted by molar-refractivity contribution is 1.15. The van der Waals surface area contributed by atoms with E-state index < -0.39 is 0 Å². The molecule has 0 amide bonds. The second kappa shape index (κ2) is 4.93. The molecule has 0 unspecified atom stereocenters. The number of halogens is 1. The molecule has 1 heterocycles. The number of hydrogen-bond acceptors (Lipinski definition) is 4. The average molecular weight is 289 g/mol. The lowest BCUT2D eigenvalue weighted by Gasteiger charge is -2.07. The van der Waals surface area contributed by atoms with Gasteiger partial charge in [-0.25, -0.2) is 9.97 Å². The van der Waals surface area contributed by atoms with Crippen LogP contribution in [0.2, 0.25) is 0 Å². The third-order valence-corrected chi connectivity index (χ3v) is 3.14. The lowest BCUT2D eigenvalue weighted by Crippen LogP contribution is -1.97. The van der Waals surface area contributed by atoms with Crippen molar-refractivity contribution in [2.24, 2.45) is 0 Å². The van der Waals surface area contributed by atoms with Gasteiger partial charge in [0.2, 0.25) is 0 Å². The molecular formula is C12H9BrN4. The molecule has 5 heteroatoms. The highest BCUT2D eigenvalue weighted by atomic mass is 79.9. The van der Waals surface area contributed by atoms with Gasteiger partial charge in [0.15, 0.2) is 5.82 Å². The van der Waals surface area contributed by atoms with Gasteiger partial charge >= 0.3 is 0 Å². The van der Waals surface area contributed by atoms with Gasteiger partial charge in [-0.1, -0.05) is 15.9 Å². The molecule has 1 aromatic carbocycles. The molecule has 4 nitrogen and oxygen atoms in total. The predicted octanol–water partition coefficient (Wildman–Crippen LogP) is 3.16. The Bertz CT molecular complexity index is 589. The van der Waals surface area contributed by atoms with Crippen LogP contribution in [0.4, 0.5) is 11.5 Å². The van der Waals surface area contributed by atoms with Crippen LogP contribution in [0.15, 0.2) is 35.2 Å². The zero-order chi connectivity index (χ0) is 12.3. The van der Waals surface area contributed by atoms with Crippen LogP contribution in [-0.4, -0.2) is 9.97 Å². The van der Waals surface area contributed by atoms with E-state index in [0.29, 0.717) is 11.4 Å². The topological polar surface area (TPSA) is 61.6 Å². The van der Waals surface area contributed by atoms with Crippen LogP contribution < -0.4 is 5.32 Å². The van der Waals surface area contributed by atoms with Gasteiger partial charge in [-0.15, -0.1) is 0 Å². The van der Waals surface area contributed by atoms with Crippen molar-refractivity contribution in [1.29, 1.82) is 5.26 Å². The third kappa shape index (κ3) is 2.60. The number of nitrogens with zero attached hydrogens (tertiary/aromatic N) is 3. The number of hydrogen-bond donors (Lipinski definition) is 1. The molecule has 1 aromatic heterocycles. The van der Waals surface area contributed by atoms with Crippen molar-refractivity contribution in [3.05, 3.63) is 46.3 Å². The number of aromatic nitrogens is 2. The molecule has 1 N–H and O–H groups in total. The van der Waals surface area contributed by atoms with Crippen molar-refractivity contribution < 1.29 is 0 Å². The molecule has 0 radical (unpaired) electrons. The molecular weight excluding hydrogens is 280 g/mol. The number of rotatable bonds is 2. The number of benzene rings is 1. The molecule has 84 valence electrons. The predicted molar refractivity (Wildman–Crippen MR) is 68.9 cm³/mol. The molecule has 0 aliphatic carbocycles. The summed E-state index contributed by atoms with van der Waals surface area (Å²) >= 11 is 3.44. The van der Waals surface area contributed by atoms with Gasteiger partial charge in [0.1, 0.15) is 18.0 Å². The van der Waals surface area contributed by atoms with E-state index >= 15 is 0 Å². The monoisotopic (exact) mass is 288 g/mol. The molecule has 0 bridgehead atoms. The van der Waals surface area contributed by atoms with Crippen LogP contribution in [0.5, 0.6) is 0 Å². The smallest absolute Gasteiger partial charge is 0.151 e. The molecule has 17 heavy (non-hydrogen) atoms. The summed E-state index contributed by atoms with van der Waals surface area (Å²) in [5, 5.41) is 12.0. The minimum atomic E-state index is 0.424. The molecule has 0 aliphatic heterocycles. The Morgan fingerprint density at radius 3 is 2.94 bits per heavy atom. The Morgan fingerprint density at radius 2 is 2.24 bits per heavy atom. The van der Waals surface area contributed by atoms with E-state index in [1.54, 1.807) is 0 Å². The van der Waals surface area contributed by atoms with Gasteiger partial charge in [-0.3, -0.25) is 0 Å². The van der Waals surface area contributed by atoms with Gasteiger partial charge in [0.05, 0.1) is 6.20 Å². The number of aryl methyl sites for hydroxylation is 1. The molecule has 0 spiro atoms. The number of anilines is 2. The third-order valence-electron chi connectivity index (χ3n) is 2.25. The van der Waals surface area contributed by atoms with Crippen LogP contribution in [0.25, 0.3) is 0 Å². The van der Waals surface area contributed by atoms with Crippen LogP contribution >= 0.6 is 15.9 Å². The van der Waals surface area contributed by atoms with Crippen molar-refractivity contribution in [3.8, 4) is 6.07 Å². The summed E-state index contributed by atoms with van der Waals surface area (Å²) in [6.07, 6.45) is 2.90. The van der Waals surface area contributed by atoms with E-state index in [2.05, 4.69) is 31.2 Å². The minimum Gasteiger partial charge on any atom is -0.339 e. The van der Waals surface area contributed by atoms with Gasteiger partial charge in [0.25, 0.3) is 0 Å². The fourth-order valence-electron chi connectivity index (χ4n) is 1.37. The Balaban J connectivity index is 2.32. The van der Waals surface area contributed by atoms with Crippen LogP contribution in [0, 0.1) is 18.3 Å². The van der Waals surface area contributed by atoms with Gasteiger partial charge in [-0.2, -0.15) is 5.26 Å². The maximum Gasteiger partial charge on any atom is 0.151 e. The first-order valence-corrected chi connectivity index (χ1v) is 5.73. The Kier molecular flexibility index (Phi) is 3.35. The van der Waals surface area contributed by atoms with Gasteiger partial charge in [0, 0.05) is 10.2 Å². The van der Waals surface area contributed by atoms with Crippen molar-refractivity contribution in [1.82, 2.24) is 9.97 Å². The summed E-state index contributed by atoms with van der Waals surface area (Å²) in [4.78, 5) is 7.85. The standard InChI is InChI=1S/C12H9BrN4/c1-8-4-10(2-3-11(8)13)17-12-9(5-14)6-15-7-16-12/h2-4,6-7H,1H3,(H,15,16,17). The fourth-order valence-corrected chi connectivity index (χ4v) is 1.62. The van der Waals surface area contributed by atoms with Gasteiger partial charge < -0.3 is 5.32 Å². The van der Waals surface area contributed by atoms with Crippen molar-refractivity contribution >= 4 is 27.4 Å². The van der Waals surface area contributed by atoms with E-state index in [1.165, 1.54) is 12.5 Å². The Morgan fingerprint density at radius 1 is 1.41 bits per heavy atom. The summed E-state index contributed by atoms with van der Waals surface area (Å²) < 4.78 is 1.05. The molecule has 0 fully saturated rings. The number of nitriles is 1. The van der Waals surface area contributed by atoms with E-state index in [-0.39, 0.29) is 0 Å². The zero-order valence-corrected chi connectivity index (χ0v) is 10.7. The average Bonchev–Trinajstić information content (AvgIpc) is 2.34. The maximum absolute atomic E-state index is 8.92. The molecule has 2 aromatic rings. The summed E-state index contributed by atoms with van der Waals surface area (Å²) in [6.45, 7) is 2.00. The molecule has 2 rings (SSSR count). The van der Waals surface area contributed by atoms with Crippen LogP contribution in [0.1, 0.15) is 11.1 Å². The largest absolute Gasteiger partial charge is 0.339 e. The van der Waals surface area contributed by atoms with Crippen molar-refractivity contribution in [2.45, 2.75) is 6.92 Å². The molecule has 0 aliphatic rings. The summed E-state index contributed by atoms with van der Waals surface area (Å²) in [5.74, 6) is 0.518. The molecule has 0 saturated heterocycles. The lowest BCUT2D eigenvalue weighted by atomic mass is 10.2. The molecule has 0 atom stereocenters. The highest BCUT2D eigenvalue weighted by molar-refractivity contribution is 9.10. The van der Waals surface area contributed by atoms with E-state index in [0.717, 1.165) is 15.7 Å². The Labute approximate surface area is 107 Å².